The van der Waals surface area contributed by atoms with E-state index in [1.165, 1.54) is 18.5 Å². The van der Waals surface area contributed by atoms with E-state index in [0.717, 1.165) is 31.7 Å². The molecule has 3 rings (SSSR count). The van der Waals surface area contributed by atoms with Crippen LogP contribution < -0.4 is 16.0 Å². The molecule has 8 heteroatoms. The molecule has 0 bridgehead atoms. The van der Waals surface area contributed by atoms with Gasteiger partial charge in [-0.3, -0.25) is 10.1 Å². The predicted octanol–water partition coefficient (Wildman–Crippen LogP) is 2.29. The number of piperidine rings is 1. The van der Waals surface area contributed by atoms with Crippen LogP contribution in [0.1, 0.15) is 12.8 Å². The first-order valence-corrected chi connectivity index (χ1v) is 7.51. The minimum absolute atomic E-state index is 0.0390. The van der Waals surface area contributed by atoms with E-state index in [1.54, 1.807) is 18.2 Å². The van der Waals surface area contributed by atoms with E-state index in [1.807, 2.05) is 0 Å². The standard InChI is InChI=1S/C15H18N6O2/c22-21(23)13-3-1-2-12(8-13)20-15-9-14(17-10-18-15)19-11-4-6-16-7-5-11/h1-3,8-11,16H,4-7H2,(H2,17,18,19,20). The summed E-state index contributed by atoms with van der Waals surface area (Å²) in [5.74, 6) is 1.34. The van der Waals surface area contributed by atoms with E-state index in [-0.39, 0.29) is 5.69 Å². The zero-order valence-electron chi connectivity index (χ0n) is 12.5. The normalized spacial score (nSPS) is 15.1. The van der Waals surface area contributed by atoms with Gasteiger partial charge in [-0.15, -0.1) is 0 Å². The van der Waals surface area contributed by atoms with Crippen molar-refractivity contribution in [3.05, 3.63) is 46.8 Å². The van der Waals surface area contributed by atoms with Crippen molar-refractivity contribution in [2.75, 3.05) is 23.7 Å². The lowest BCUT2D eigenvalue weighted by Gasteiger charge is -2.24. The quantitative estimate of drug-likeness (QED) is 0.574. The van der Waals surface area contributed by atoms with E-state index < -0.39 is 4.92 Å². The average molecular weight is 314 g/mol. The fourth-order valence-electron chi connectivity index (χ4n) is 2.53. The molecule has 1 aromatic carbocycles. The average Bonchev–Trinajstić information content (AvgIpc) is 2.56. The van der Waals surface area contributed by atoms with Gasteiger partial charge in [-0.25, -0.2) is 9.97 Å². The fourth-order valence-corrected chi connectivity index (χ4v) is 2.53. The first kappa shape index (κ1) is 15.2. The molecule has 1 aliphatic rings. The molecule has 8 nitrogen and oxygen atoms in total. The number of nitro groups is 1. The first-order chi connectivity index (χ1) is 11.2. The Morgan fingerprint density at radius 3 is 2.74 bits per heavy atom. The summed E-state index contributed by atoms with van der Waals surface area (Å²) in [6, 6.07) is 8.53. The minimum Gasteiger partial charge on any atom is -0.367 e. The van der Waals surface area contributed by atoms with E-state index in [4.69, 9.17) is 0 Å². The van der Waals surface area contributed by atoms with Gasteiger partial charge in [0.1, 0.15) is 18.0 Å². The number of non-ortho nitro benzene ring substituents is 1. The zero-order valence-corrected chi connectivity index (χ0v) is 12.5. The number of hydrogen-bond donors (Lipinski definition) is 3. The van der Waals surface area contributed by atoms with Crippen molar-refractivity contribution in [2.24, 2.45) is 0 Å². The molecule has 3 N–H and O–H groups in total. The molecular formula is C15H18N6O2. The molecule has 0 amide bonds. The SMILES string of the molecule is O=[N+]([O-])c1cccc(Nc2cc(NC3CCNCC3)ncn2)c1. The van der Waals surface area contributed by atoms with Gasteiger partial charge in [0.2, 0.25) is 0 Å². The van der Waals surface area contributed by atoms with Crippen LogP contribution in [0.15, 0.2) is 36.7 Å². The number of aromatic nitrogens is 2. The van der Waals surface area contributed by atoms with Crippen LogP contribution in [0.3, 0.4) is 0 Å². The maximum Gasteiger partial charge on any atom is 0.271 e. The van der Waals surface area contributed by atoms with Crippen LogP contribution >= 0.6 is 0 Å². The molecule has 2 heterocycles. The van der Waals surface area contributed by atoms with Gasteiger partial charge in [0.05, 0.1) is 4.92 Å². The maximum atomic E-state index is 10.8. The van der Waals surface area contributed by atoms with Crippen molar-refractivity contribution in [3.8, 4) is 0 Å². The van der Waals surface area contributed by atoms with Crippen LogP contribution in [0.25, 0.3) is 0 Å². The van der Waals surface area contributed by atoms with Gasteiger partial charge >= 0.3 is 0 Å². The van der Waals surface area contributed by atoms with Crippen LogP contribution in [0, 0.1) is 10.1 Å². The van der Waals surface area contributed by atoms with E-state index in [0.29, 0.717) is 17.5 Å². The Bertz CT molecular complexity index is 687. The highest BCUT2D eigenvalue weighted by molar-refractivity contribution is 5.61. The van der Waals surface area contributed by atoms with Crippen LogP contribution in [-0.4, -0.2) is 34.0 Å². The molecule has 23 heavy (non-hydrogen) atoms. The topological polar surface area (TPSA) is 105 Å². The highest BCUT2D eigenvalue weighted by atomic mass is 16.6. The number of benzene rings is 1. The molecule has 0 spiro atoms. The first-order valence-electron chi connectivity index (χ1n) is 7.51. The Morgan fingerprint density at radius 1 is 1.17 bits per heavy atom. The van der Waals surface area contributed by atoms with Gasteiger partial charge in [-0.2, -0.15) is 0 Å². The van der Waals surface area contributed by atoms with E-state index in [2.05, 4.69) is 25.9 Å². The zero-order chi connectivity index (χ0) is 16.1. The summed E-state index contributed by atoms with van der Waals surface area (Å²) < 4.78 is 0. The van der Waals surface area contributed by atoms with Crippen molar-refractivity contribution < 1.29 is 4.92 Å². The summed E-state index contributed by atoms with van der Waals surface area (Å²) in [5, 5.41) is 20.6. The van der Waals surface area contributed by atoms with Crippen molar-refractivity contribution in [3.63, 3.8) is 0 Å². The lowest BCUT2D eigenvalue weighted by Crippen LogP contribution is -2.35. The molecule has 1 aromatic heterocycles. The molecule has 1 aliphatic heterocycles. The van der Waals surface area contributed by atoms with Crippen molar-refractivity contribution in [2.45, 2.75) is 18.9 Å². The third-order valence-corrected chi connectivity index (χ3v) is 3.69. The lowest BCUT2D eigenvalue weighted by molar-refractivity contribution is -0.384. The van der Waals surface area contributed by atoms with Gasteiger partial charge in [-0.05, 0) is 32.0 Å². The Morgan fingerprint density at radius 2 is 1.96 bits per heavy atom. The van der Waals surface area contributed by atoms with Crippen LogP contribution in [0.4, 0.5) is 23.0 Å². The van der Waals surface area contributed by atoms with Gasteiger partial charge in [0.25, 0.3) is 5.69 Å². The molecular weight excluding hydrogens is 296 g/mol. The van der Waals surface area contributed by atoms with Crippen LogP contribution in [0.5, 0.6) is 0 Å². The third-order valence-electron chi connectivity index (χ3n) is 3.69. The van der Waals surface area contributed by atoms with Crippen molar-refractivity contribution in [1.29, 1.82) is 0 Å². The highest BCUT2D eigenvalue weighted by Crippen LogP contribution is 2.21. The Hall–Kier alpha value is -2.74. The number of nitrogens with one attached hydrogen (secondary N) is 3. The second-order valence-corrected chi connectivity index (χ2v) is 5.39. The summed E-state index contributed by atoms with van der Waals surface area (Å²) in [6.07, 6.45) is 3.58. The van der Waals surface area contributed by atoms with Crippen LogP contribution in [0.2, 0.25) is 0 Å². The molecule has 0 unspecified atom stereocenters. The summed E-state index contributed by atoms with van der Waals surface area (Å²) in [6.45, 7) is 2.00. The molecule has 0 radical (unpaired) electrons. The number of anilines is 3. The molecule has 1 saturated heterocycles. The lowest BCUT2D eigenvalue weighted by atomic mass is 10.1. The van der Waals surface area contributed by atoms with E-state index in [9.17, 15) is 10.1 Å². The minimum atomic E-state index is -0.421. The number of hydrogen-bond acceptors (Lipinski definition) is 7. The Kier molecular flexibility index (Phi) is 4.62. The van der Waals surface area contributed by atoms with Crippen molar-refractivity contribution >= 4 is 23.0 Å². The predicted molar refractivity (Wildman–Crippen MR) is 87.9 cm³/mol. The summed E-state index contributed by atoms with van der Waals surface area (Å²) in [4.78, 5) is 18.8. The van der Waals surface area contributed by atoms with Gasteiger partial charge < -0.3 is 16.0 Å². The number of nitro benzene ring substituents is 1. The Balaban J connectivity index is 1.69. The third kappa shape index (κ3) is 4.13. The van der Waals surface area contributed by atoms with Gasteiger partial charge in [0.15, 0.2) is 0 Å². The molecule has 0 atom stereocenters. The second kappa shape index (κ2) is 7.01. The molecule has 0 aliphatic carbocycles. The highest BCUT2D eigenvalue weighted by Gasteiger charge is 2.13. The number of rotatable bonds is 5. The monoisotopic (exact) mass is 314 g/mol. The maximum absolute atomic E-state index is 10.8. The second-order valence-electron chi connectivity index (χ2n) is 5.39. The molecule has 1 fully saturated rings. The summed E-state index contributed by atoms with van der Waals surface area (Å²) >= 11 is 0. The van der Waals surface area contributed by atoms with Crippen molar-refractivity contribution in [1.82, 2.24) is 15.3 Å². The van der Waals surface area contributed by atoms with E-state index >= 15 is 0 Å². The number of nitrogens with zero attached hydrogens (tertiary/aromatic N) is 3. The smallest absolute Gasteiger partial charge is 0.271 e. The molecule has 120 valence electrons. The molecule has 0 saturated carbocycles. The Labute approximate surface area is 133 Å². The van der Waals surface area contributed by atoms with Gasteiger partial charge in [0, 0.05) is 29.9 Å². The van der Waals surface area contributed by atoms with Crippen LogP contribution in [-0.2, 0) is 0 Å². The fraction of sp³-hybridized carbons (Fsp3) is 0.333. The molecule has 2 aromatic rings. The largest absolute Gasteiger partial charge is 0.367 e. The summed E-state index contributed by atoms with van der Waals surface area (Å²) in [5.41, 5.74) is 0.655. The summed E-state index contributed by atoms with van der Waals surface area (Å²) in [7, 11) is 0. The van der Waals surface area contributed by atoms with Gasteiger partial charge in [-0.1, -0.05) is 6.07 Å².